The van der Waals surface area contributed by atoms with Crippen molar-refractivity contribution in [3.63, 3.8) is 0 Å². The first-order valence-electron chi connectivity index (χ1n) is 5.21. The van der Waals surface area contributed by atoms with Gasteiger partial charge in [-0.25, -0.2) is 9.89 Å². The lowest BCUT2D eigenvalue weighted by Gasteiger charge is -2.09. The molecule has 1 aromatic carbocycles. The van der Waals surface area contributed by atoms with Gasteiger partial charge in [-0.05, 0) is 18.2 Å². The summed E-state index contributed by atoms with van der Waals surface area (Å²) in [4.78, 5) is 22.4. The van der Waals surface area contributed by atoms with E-state index in [-0.39, 0.29) is 5.56 Å². The summed E-state index contributed by atoms with van der Waals surface area (Å²) in [5.74, 6) is -0.00604. The highest BCUT2D eigenvalue weighted by atomic mass is 16.5. The Labute approximate surface area is 103 Å². The molecule has 0 unspecified atom stereocenters. The van der Waals surface area contributed by atoms with E-state index in [0.29, 0.717) is 17.1 Å². The van der Waals surface area contributed by atoms with Gasteiger partial charge in [0.25, 0.3) is 5.56 Å². The highest BCUT2D eigenvalue weighted by molar-refractivity contribution is 5.96. The van der Waals surface area contributed by atoms with Crippen molar-refractivity contribution in [2.45, 2.75) is 0 Å². The number of benzene rings is 1. The third-order valence-corrected chi connectivity index (χ3v) is 2.27. The van der Waals surface area contributed by atoms with Crippen LogP contribution in [0.25, 0.3) is 0 Å². The fraction of sp³-hybridized carbons (Fsp3) is 0.0833. The van der Waals surface area contributed by atoms with E-state index in [1.807, 2.05) is 0 Å². The van der Waals surface area contributed by atoms with Gasteiger partial charge in [0.15, 0.2) is 5.82 Å². The number of anilines is 2. The highest BCUT2D eigenvalue weighted by Crippen LogP contribution is 2.19. The molecule has 18 heavy (non-hydrogen) atoms. The van der Waals surface area contributed by atoms with E-state index in [9.17, 15) is 9.59 Å². The fourth-order valence-electron chi connectivity index (χ4n) is 1.43. The van der Waals surface area contributed by atoms with E-state index in [0.717, 1.165) is 0 Å². The van der Waals surface area contributed by atoms with E-state index in [1.54, 1.807) is 24.3 Å². The lowest BCUT2D eigenvalue weighted by atomic mass is 10.2. The summed E-state index contributed by atoms with van der Waals surface area (Å²) in [5.41, 5.74) is 0.665. The van der Waals surface area contributed by atoms with Crippen LogP contribution in [-0.2, 0) is 4.74 Å². The third-order valence-electron chi connectivity index (χ3n) is 2.27. The Bertz CT molecular complexity index is 601. The van der Waals surface area contributed by atoms with Crippen LogP contribution in [0.2, 0.25) is 0 Å². The van der Waals surface area contributed by atoms with E-state index in [2.05, 4.69) is 20.3 Å². The van der Waals surface area contributed by atoms with Gasteiger partial charge in [-0.15, -0.1) is 0 Å². The molecule has 2 N–H and O–H groups in total. The topological polar surface area (TPSA) is 84.1 Å². The highest BCUT2D eigenvalue weighted by Gasteiger charge is 2.11. The fourth-order valence-corrected chi connectivity index (χ4v) is 1.43. The van der Waals surface area contributed by atoms with E-state index in [4.69, 9.17) is 0 Å². The maximum Gasteiger partial charge on any atom is 0.339 e. The largest absolute Gasteiger partial charge is 0.465 e. The van der Waals surface area contributed by atoms with Gasteiger partial charge in [0.2, 0.25) is 0 Å². The van der Waals surface area contributed by atoms with Crippen LogP contribution in [0.1, 0.15) is 10.4 Å². The van der Waals surface area contributed by atoms with Crippen molar-refractivity contribution < 1.29 is 9.53 Å². The average Bonchev–Trinajstić information content (AvgIpc) is 2.41. The first-order chi connectivity index (χ1) is 8.70. The maximum absolute atomic E-state index is 11.5. The van der Waals surface area contributed by atoms with Gasteiger partial charge < -0.3 is 10.1 Å². The SMILES string of the molecule is COC(=O)c1ccccc1Nc1ccc(=O)[nH]n1. The number of hydrogen-bond acceptors (Lipinski definition) is 5. The minimum atomic E-state index is -0.442. The molecular formula is C12H11N3O3. The number of rotatable bonds is 3. The molecule has 2 aromatic rings. The number of esters is 1. The van der Waals surface area contributed by atoms with Crippen LogP contribution in [-0.4, -0.2) is 23.3 Å². The number of aromatic amines is 1. The summed E-state index contributed by atoms with van der Waals surface area (Å²) < 4.78 is 4.68. The third kappa shape index (κ3) is 2.54. The van der Waals surface area contributed by atoms with Crippen LogP contribution in [0, 0.1) is 0 Å². The normalized spacial score (nSPS) is 9.83. The molecule has 0 fully saturated rings. The Hall–Kier alpha value is -2.63. The van der Waals surface area contributed by atoms with Crippen LogP contribution in [0.15, 0.2) is 41.2 Å². The number of nitrogens with zero attached hydrogens (tertiary/aromatic N) is 1. The Kier molecular flexibility index (Phi) is 3.38. The van der Waals surface area contributed by atoms with Crippen molar-refractivity contribution in [1.82, 2.24) is 10.2 Å². The molecule has 6 heteroatoms. The van der Waals surface area contributed by atoms with Crippen molar-refractivity contribution in [2.24, 2.45) is 0 Å². The molecule has 6 nitrogen and oxygen atoms in total. The second-order valence-corrected chi connectivity index (χ2v) is 3.47. The summed E-state index contributed by atoms with van der Waals surface area (Å²) in [6.07, 6.45) is 0. The van der Waals surface area contributed by atoms with Crippen molar-refractivity contribution >= 4 is 17.5 Å². The monoisotopic (exact) mass is 245 g/mol. The molecule has 92 valence electrons. The molecule has 0 atom stereocenters. The molecule has 0 saturated carbocycles. The van der Waals surface area contributed by atoms with E-state index < -0.39 is 5.97 Å². The number of aromatic nitrogens is 2. The number of H-pyrrole nitrogens is 1. The second kappa shape index (κ2) is 5.13. The zero-order valence-corrected chi connectivity index (χ0v) is 9.64. The minimum absolute atomic E-state index is 0.290. The number of methoxy groups -OCH3 is 1. The molecule has 0 aliphatic rings. The second-order valence-electron chi connectivity index (χ2n) is 3.47. The summed E-state index contributed by atoms with van der Waals surface area (Å²) in [6, 6.07) is 9.74. The predicted octanol–water partition coefficient (Wildman–Crippen LogP) is 1.30. The summed E-state index contributed by atoms with van der Waals surface area (Å²) >= 11 is 0. The van der Waals surface area contributed by atoms with Gasteiger partial charge >= 0.3 is 5.97 Å². The zero-order chi connectivity index (χ0) is 13.0. The van der Waals surface area contributed by atoms with Crippen molar-refractivity contribution in [3.8, 4) is 0 Å². The summed E-state index contributed by atoms with van der Waals surface area (Å²) in [5, 5.41) is 9.03. The van der Waals surface area contributed by atoms with Gasteiger partial charge in [0.05, 0.1) is 18.4 Å². The Morgan fingerprint density at radius 1 is 1.28 bits per heavy atom. The predicted molar refractivity (Wildman–Crippen MR) is 65.9 cm³/mol. The van der Waals surface area contributed by atoms with Gasteiger partial charge in [0.1, 0.15) is 0 Å². The quantitative estimate of drug-likeness (QED) is 0.796. The van der Waals surface area contributed by atoms with E-state index >= 15 is 0 Å². The number of ether oxygens (including phenoxy) is 1. The Balaban J connectivity index is 2.31. The summed E-state index contributed by atoms with van der Waals surface area (Å²) in [6.45, 7) is 0. The first kappa shape index (κ1) is 11.8. The molecule has 0 saturated heterocycles. The number of para-hydroxylation sites is 1. The lowest BCUT2D eigenvalue weighted by Crippen LogP contribution is -2.09. The number of carbonyl (C=O) groups is 1. The average molecular weight is 245 g/mol. The smallest absolute Gasteiger partial charge is 0.339 e. The van der Waals surface area contributed by atoms with Crippen molar-refractivity contribution in [1.29, 1.82) is 0 Å². The van der Waals surface area contributed by atoms with Gasteiger partial charge in [-0.2, -0.15) is 5.10 Å². The first-order valence-corrected chi connectivity index (χ1v) is 5.21. The van der Waals surface area contributed by atoms with Crippen LogP contribution in [0.3, 0.4) is 0 Å². The molecule has 0 aliphatic heterocycles. The molecule has 0 radical (unpaired) electrons. The Morgan fingerprint density at radius 2 is 2.06 bits per heavy atom. The number of nitrogens with one attached hydrogen (secondary N) is 2. The van der Waals surface area contributed by atoms with Gasteiger partial charge in [-0.3, -0.25) is 4.79 Å². The van der Waals surface area contributed by atoms with Gasteiger partial charge in [0, 0.05) is 6.07 Å². The number of carbonyl (C=O) groups excluding carboxylic acids is 1. The molecule has 2 rings (SSSR count). The molecule has 0 amide bonds. The minimum Gasteiger partial charge on any atom is -0.465 e. The lowest BCUT2D eigenvalue weighted by molar-refractivity contribution is 0.0602. The molecule has 1 aromatic heterocycles. The zero-order valence-electron chi connectivity index (χ0n) is 9.64. The molecule has 0 bridgehead atoms. The molecular weight excluding hydrogens is 234 g/mol. The standard InChI is InChI=1S/C12H11N3O3/c1-18-12(17)8-4-2-3-5-9(8)13-10-6-7-11(16)15-14-10/h2-7H,1H3,(H,13,14)(H,15,16). The van der Waals surface area contributed by atoms with Crippen LogP contribution in [0.4, 0.5) is 11.5 Å². The molecule has 0 aliphatic carbocycles. The Morgan fingerprint density at radius 3 is 2.72 bits per heavy atom. The van der Waals surface area contributed by atoms with Gasteiger partial charge in [-0.1, -0.05) is 12.1 Å². The number of hydrogen-bond donors (Lipinski definition) is 2. The van der Waals surface area contributed by atoms with Crippen molar-refractivity contribution in [2.75, 3.05) is 12.4 Å². The molecule has 1 heterocycles. The van der Waals surface area contributed by atoms with Crippen molar-refractivity contribution in [3.05, 3.63) is 52.3 Å². The van der Waals surface area contributed by atoms with Crippen LogP contribution >= 0.6 is 0 Å². The van der Waals surface area contributed by atoms with E-state index in [1.165, 1.54) is 19.2 Å². The van der Waals surface area contributed by atoms with Crippen LogP contribution < -0.4 is 10.9 Å². The maximum atomic E-state index is 11.5. The molecule has 0 spiro atoms. The van der Waals surface area contributed by atoms with Crippen LogP contribution in [0.5, 0.6) is 0 Å². The summed E-state index contributed by atoms with van der Waals surface area (Å²) in [7, 11) is 1.32.